The average Bonchev–Trinajstić information content (AvgIpc) is 0.801. The van der Waals surface area contributed by atoms with Crippen LogP contribution in [-0.4, -0.2) is 100 Å². The third kappa shape index (κ3) is 29.8. The van der Waals surface area contributed by atoms with E-state index in [0.717, 1.165) is 91.6 Å². The van der Waals surface area contributed by atoms with Crippen LogP contribution >= 0.6 is 0 Å². The number of carboxylic acids is 2. The number of carbonyl (C=O) groups is 5. The zero-order valence-electron chi connectivity index (χ0n) is 63.3. The van der Waals surface area contributed by atoms with Crippen LogP contribution in [-0.2, 0) is 94.7 Å². The molecular weight excluding hydrogens is 1250 g/mol. The Morgan fingerprint density at radius 2 is 0.667 bits per heavy atom. The zero-order chi connectivity index (χ0) is 75.0. The van der Waals surface area contributed by atoms with Gasteiger partial charge in [0.15, 0.2) is 0 Å². The number of primary amides is 1. The Bertz CT molecular complexity index is 3270. The lowest BCUT2D eigenvalue weighted by atomic mass is 9.78. The van der Waals surface area contributed by atoms with Crippen LogP contribution in [0.3, 0.4) is 0 Å². The van der Waals surface area contributed by atoms with Crippen LogP contribution in [0.4, 0.5) is 0 Å². The van der Waals surface area contributed by atoms with Crippen molar-refractivity contribution in [2.45, 2.75) is 248 Å². The van der Waals surface area contributed by atoms with Crippen LogP contribution in [0.25, 0.3) is 12.2 Å². The number of hydrogen-bond donors (Lipinski definition) is 7. The van der Waals surface area contributed by atoms with Crippen molar-refractivity contribution in [1.29, 1.82) is 0 Å². The molecule has 5 rings (SSSR count). The summed E-state index contributed by atoms with van der Waals surface area (Å²) in [6.45, 7) is 41.9. The van der Waals surface area contributed by atoms with Gasteiger partial charge in [0.25, 0.3) is 0 Å². The maximum atomic E-state index is 12.2. The summed E-state index contributed by atoms with van der Waals surface area (Å²) in [6, 6.07) is 25.1. The lowest BCUT2D eigenvalue weighted by molar-refractivity contribution is -0.146. The summed E-state index contributed by atoms with van der Waals surface area (Å²) in [5, 5.41) is 62.7. The first-order chi connectivity index (χ1) is 45.7. The number of unbranched alkanes of at least 4 members (excludes halogenated alkanes) is 3. The molecule has 0 atom stereocenters. The topological polar surface area (TPSA) is 270 Å². The van der Waals surface area contributed by atoms with E-state index in [1.807, 2.05) is 217 Å². The van der Waals surface area contributed by atoms with Gasteiger partial charge in [0.2, 0.25) is 5.91 Å². The molecule has 0 aliphatic carbocycles. The maximum Gasteiger partial charge on any atom is 0.331 e. The quantitative estimate of drug-likeness (QED) is 0.0133. The normalized spacial score (nSPS) is 12.4. The van der Waals surface area contributed by atoms with E-state index in [2.05, 4.69) is 0 Å². The van der Waals surface area contributed by atoms with Crippen molar-refractivity contribution in [3.05, 3.63) is 162 Å². The molecule has 0 heterocycles. The van der Waals surface area contributed by atoms with E-state index in [1.165, 1.54) is 0 Å². The second-order valence-corrected chi connectivity index (χ2v) is 32.0. The first-order valence-corrected chi connectivity index (χ1v) is 34.8. The highest BCUT2D eigenvalue weighted by molar-refractivity contribution is 5.93. The molecule has 5 aromatic carbocycles. The molecule has 5 aromatic rings. The van der Waals surface area contributed by atoms with E-state index < -0.39 is 11.9 Å². The van der Waals surface area contributed by atoms with Crippen molar-refractivity contribution in [3.8, 4) is 23.0 Å². The largest absolute Gasteiger partial charge is 0.507 e. The highest BCUT2D eigenvalue weighted by Crippen LogP contribution is 2.43. The van der Waals surface area contributed by atoms with Crippen molar-refractivity contribution >= 4 is 41.9 Å². The number of rotatable bonds is 29. The maximum absolute atomic E-state index is 12.2. The summed E-state index contributed by atoms with van der Waals surface area (Å²) >= 11 is 0. The van der Waals surface area contributed by atoms with Crippen molar-refractivity contribution in [2.75, 3.05) is 39.6 Å². The Balaban J connectivity index is 0.000000446. The molecule has 8 N–H and O–H groups in total. The highest BCUT2D eigenvalue weighted by Gasteiger charge is 2.29. The molecule has 0 fully saturated rings. The predicted molar refractivity (Wildman–Crippen MR) is 397 cm³/mol. The lowest BCUT2D eigenvalue weighted by Crippen LogP contribution is -2.17. The number of esters is 2. The van der Waals surface area contributed by atoms with Gasteiger partial charge in [0.1, 0.15) is 36.2 Å². The van der Waals surface area contributed by atoms with Gasteiger partial charge in [0, 0.05) is 52.7 Å². The summed E-state index contributed by atoms with van der Waals surface area (Å²) in [5.41, 5.74) is 15.2. The molecule has 0 aliphatic rings. The Labute approximate surface area is 591 Å². The number of carbonyl (C=O) groups excluding carboxylic acids is 3. The van der Waals surface area contributed by atoms with E-state index in [9.17, 15) is 54.6 Å². The Kier molecular flexibility index (Phi) is 32.7. The minimum atomic E-state index is -0.961. The van der Waals surface area contributed by atoms with Crippen molar-refractivity contribution in [2.24, 2.45) is 5.73 Å². The molecule has 0 unspecified atom stereocenters. The van der Waals surface area contributed by atoms with Crippen molar-refractivity contribution in [3.63, 3.8) is 0 Å². The molecule has 0 aliphatic heterocycles. The van der Waals surface area contributed by atoms with Crippen molar-refractivity contribution < 1.29 is 73.6 Å². The van der Waals surface area contributed by atoms with E-state index in [0.29, 0.717) is 80.8 Å². The standard InChI is InChI=1S/C40H58O6.C34H50O8.C9H11NO/c1-37(2,3)29-21-25(22-30(33(29)41)38(4,5)6)19-27(35(43)44)17-15-13-14-16-18-28(36(45)46)20-26-23-31(39(7,8)9)34(42)32(24-26)40(10,11)12;1-23-19-25(21-27(31(23)37)33(3,4)5)9-11-29(35)41-17-15-39-13-14-40-16-18-42-30(36)12-10-26-20-24(2)32(38)28(22-26)34(6,7)8;10-9(11)7-6-8-4-2-1-3-5-8/h19-24,41-42H,13-18H2,1-12H3,(H,43,44)(H,45,46);19-22,37-38H,9-18H2,1-8H3;1-5H,6-7H2,(H2,10,11). The highest BCUT2D eigenvalue weighted by atomic mass is 16.6. The fourth-order valence-corrected chi connectivity index (χ4v) is 11.1. The van der Waals surface area contributed by atoms with Gasteiger partial charge in [-0.25, -0.2) is 9.59 Å². The van der Waals surface area contributed by atoms with E-state index in [-0.39, 0.29) is 101 Å². The van der Waals surface area contributed by atoms with Gasteiger partial charge in [-0.2, -0.15) is 0 Å². The number of amides is 1. The predicted octanol–water partition coefficient (Wildman–Crippen LogP) is 17.4. The van der Waals surface area contributed by atoms with Crippen LogP contribution in [0.2, 0.25) is 0 Å². The van der Waals surface area contributed by atoms with E-state index in [4.69, 9.17) is 24.7 Å². The average molecular weight is 1370 g/mol. The van der Waals surface area contributed by atoms with Gasteiger partial charge >= 0.3 is 23.9 Å². The molecule has 99 heavy (non-hydrogen) atoms. The van der Waals surface area contributed by atoms with Crippen LogP contribution in [0, 0.1) is 13.8 Å². The molecule has 1 amide bonds. The molecule has 0 aromatic heterocycles. The van der Waals surface area contributed by atoms with Gasteiger partial charge in [-0.05, 0) is 178 Å². The summed E-state index contributed by atoms with van der Waals surface area (Å²) in [7, 11) is 0. The SMILES string of the molecule is CC(C)(C)c1cc(C=C(CCCCCCC(=Cc2cc(C(C)(C)C)c(O)c(C(C)(C)C)c2)C(=O)O)C(=O)O)cc(C(C)(C)C)c1O.Cc1cc(CCC(=O)OCCOCCOCCOC(=O)CCc2cc(C)c(O)c(C(C)(C)C)c2)cc(C(C)(C)C)c1O.NC(=O)CCc1ccccc1. The number of benzene rings is 5. The smallest absolute Gasteiger partial charge is 0.331 e. The van der Waals surface area contributed by atoms with Crippen LogP contribution in [0.1, 0.15) is 255 Å². The summed E-state index contributed by atoms with van der Waals surface area (Å²) < 4.78 is 21.4. The fourth-order valence-electron chi connectivity index (χ4n) is 11.1. The molecule has 0 spiro atoms. The third-order valence-electron chi connectivity index (χ3n) is 16.8. The van der Waals surface area contributed by atoms with Crippen LogP contribution in [0.15, 0.2) is 90.0 Å². The summed E-state index contributed by atoms with van der Waals surface area (Å²) in [6.07, 6.45) is 9.87. The number of aliphatic carboxylic acids is 2. The molecule has 16 nitrogen and oxygen atoms in total. The second-order valence-electron chi connectivity index (χ2n) is 32.0. The molecule has 0 bridgehead atoms. The zero-order valence-corrected chi connectivity index (χ0v) is 63.3. The number of nitrogens with two attached hydrogens (primary N) is 1. The van der Waals surface area contributed by atoms with E-state index >= 15 is 0 Å². The van der Waals surface area contributed by atoms with Gasteiger partial charge in [-0.15, -0.1) is 0 Å². The Morgan fingerprint density at radius 1 is 0.374 bits per heavy atom. The summed E-state index contributed by atoms with van der Waals surface area (Å²) in [4.78, 5) is 59.0. The van der Waals surface area contributed by atoms with Gasteiger partial charge in [0.05, 0.1) is 26.4 Å². The van der Waals surface area contributed by atoms with Gasteiger partial charge < -0.3 is 55.3 Å². The van der Waals surface area contributed by atoms with Crippen LogP contribution < -0.4 is 5.73 Å². The first-order valence-electron chi connectivity index (χ1n) is 34.8. The Morgan fingerprint density at radius 3 is 0.960 bits per heavy atom. The minimum Gasteiger partial charge on any atom is -0.507 e. The number of phenolic OH excluding ortho intramolecular Hbond substituents is 4. The van der Waals surface area contributed by atoms with Crippen LogP contribution in [0.5, 0.6) is 23.0 Å². The number of hydrogen-bond acceptors (Lipinski definition) is 13. The molecule has 0 radical (unpaired) electrons. The number of ether oxygens (including phenoxy) is 4. The fraction of sp³-hybridized carbons (Fsp3) is 0.530. The number of aromatic hydroxyl groups is 4. The number of carboxylic acid groups (broad SMARTS) is 2. The monoisotopic (exact) mass is 1370 g/mol. The minimum absolute atomic E-state index is 0.163. The molecular formula is C83H119NO15. The summed E-state index contributed by atoms with van der Waals surface area (Å²) in [5.74, 6) is -1.62. The molecule has 16 heteroatoms. The first kappa shape index (κ1) is 85.3. The molecule has 546 valence electrons. The van der Waals surface area contributed by atoms with Gasteiger partial charge in [-0.1, -0.05) is 192 Å². The number of aryl methyl sites for hydroxylation is 5. The Hall–Kier alpha value is -7.95. The van der Waals surface area contributed by atoms with E-state index in [1.54, 1.807) is 12.2 Å². The lowest BCUT2D eigenvalue weighted by Gasteiger charge is -2.28. The van der Waals surface area contributed by atoms with Crippen molar-refractivity contribution in [1.82, 2.24) is 0 Å². The molecule has 0 saturated heterocycles. The number of phenols is 4. The second kappa shape index (κ2) is 38.0. The third-order valence-corrected chi connectivity index (χ3v) is 16.8. The molecule has 0 saturated carbocycles. The van der Waals surface area contributed by atoms with Gasteiger partial charge in [-0.3, -0.25) is 14.4 Å².